The van der Waals surface area contributed by atoms with E-state index in [1.807, 2.05) is 12.1 Å². The van der Waals surface area contributed by atoms with Crippen LogP contribution in [0.3, 0.4) is 0 Å². The monoisotopic (exact) mass is 304 g/mol. The Bertz CT molecular complexity index is 517. The molecule has 1 N–H and O–H groups in total. The predicted octanol–water partition coefficient (Wildman–Crippen LogP) is 1.42. The molecule has 0 aromatic heterocycles. The normalized spacial score (nSPS) is 28.2. The summed E-state index contributed by atoms with van der Waals surface area (Å²) in [4.78, 5) is 14.4. The molecule has 2 aliphatic rings. The first-order valence-corrected chi connectivity index (χ1v) is 7.91. The van der Waals surface area contributed by atoms with Gasteiger partial charge in [0.25, 0.3) is 0 Å². The number of amides is 1. The summed E-state index contributed by atoms with van der Waals surface area (Å²) >= 11 is 0. The first-order valence-electron chi connectivity index (χ1n) is 7.91. The first kappa shape index (κ1) is 15.3. The first-order chi connectivity index (χ1) is 10.7. The number of rotatable bonds is 4. The summed E-state index contributed by atoms with van der Waals surface area (Å²) in [6.45, 7) is 2.45. The van der Waals surface area contributed by atoms with E-state index in [0.29, 0.717) is 6.04 Å². The number of carbonyl (C=O) groups is 1. The van der Waals surface area contributed by atoms with Gasteiger partial charge in [-0.2, -0.15) is 0 Å². The van der Waals surface area contributed by atoms with Gasteiger partial charge in [0.1, 0.15) is 5.75 Å². The lowest BCUT2D eigenvalue weighted by Gasteiger charge is -2.40. The van der Waals surface area contributed by atoms with Crippen molar-refractivity contribution in [3.05, 3.63) is 29.8 Å². The Morgan fingerprint density at radius 2 is 2.18 bits per heavy atom. The molecule has 0 spiro atoms. The summed E-state index contributed by atoms with van der Waals surface area (Å²) in [6, 6.07) is 8.58. The Labute approximate surface area is 131 Å². The number of hydrogen-bond acceptors (Lipinski definition) is 4. The summed E-state index contributed by atoms with van der Waals surface area (Å²) in [5.41, 5.74) is 1.24. The minimum atomic E-state index is 0.0163. The summed E-state index contributed by atoms with van der Waals surface area (Å²) in [5.74, 6) is 1.00. The average molecular weight is 304 g/mol. The second-order valence-corrected chi connectivity index (χ2v) is 6.09. The van der Waals surface area contributed by atoms with E-state index in [1.54, 1.807) is 14.2 Å². The lowest BCUT2D eigenvalue weighted by molar-refractivity contribution is -0.129. The number of nitrogens with zero attached hydrogens (tertiary/aromatic N) is 1. The molecule has 1 aromatic carbocycles. The van der Waals surface area contributed by atoms with Crippen molar-refractivity contribution in [2.75, 3.05) is 27.3 Å². The third-order valence-corrected chi connectivity index (χ3v) is 4.78. The van der Waals surface area contributed by atoms with Crippen LogP contribution in [-0.4, -0.2) is 50.3 Å². The zero-order valence-corrected chi connectivity index (χ0v) is 13.2. The molecule has 0 unspecified atom stereocenters. The van der Waals surface area contributed by atoms with Crippen molar-refractivity contribution in [1.82, 2.24) is 10.2 Å². The van der Waals surface area contributed by atoms with Crippen LogP contribution in [0.15, 0.2) is 24.3 Å². The van der Waals surface area contributed by atoms with Crippen molar-refractivity contribution in [2.45, 2.75) is 31.5 Å². The fourth-order valence-corrected chi connectivity index (χ4v) is 3.59. The molecular weight excluding hydrogens is 280 g/mol. The van der Waals surface area contributed by atoms with Gasteiger partial charge in [0, 0.05) is 32.8 Å². The number of methoxy groups -OCH3 is 1. The van der Waals surface area contributed by atoms with Crippen LogP contribution in [0.1, 0.15) is 18.4 Å². The van der Waals surface area contributed by atoms with Gasteiger partial charge in [-0.3, -0.25) is 9.69 Å². The van der Waals surface area contributed by atoms with Gasteiger partial charge < -0.3 is 14.8 Å². The van der Waals surface area contributed by atoms with Crippen LogP contribution < -0.4 is 10.1 Å². The van der Waals surface area contributed by atoms with Crippen LogP contribution >= 0.6 is 0 Å². The van der Waals surface area contributed by atoms with Crippen LogP contribution in [0.2, 0.25) is 0 Å². The molecule has 5 heteroatoms. The predicted molar refractivity (Wildman–Crippen MR) is 83.7 cm³/mol. The zero-order chi connectivity index (χ0) is 15.5. The van der Waals surface area contributed by atoms with Gasteiger partial charge in [-0.15, -0.1) is 0 Å². The lowest BCUT2D eigenvalue weighted by atomic mass is 9.89. The molecule has 1 aromatic rings. The Kier molecular flexibility index (Phi) is 4.64. The Balaban J connectivity index is 1.72. The molecule has 5 nitrogen and oxygen atoms in total. The van der Waals surface area contributed by atoms with Crippen molar-refractivity contribution in [2.24, 2.45) is 5.92 Å². The number of hydrogen-bond donors (Lipinski definition) is 1. The van der Waals surface area contributed by atoms with E-state index in [1.165, 1.54) is 5.56 Å². The van der Waals surface area contributed by atoms with E-state index in [2.05, 4.69) is 22.3 Å². The summed E-state index contributed by atoms with van der Waals surface area (Å²) < 4.78 is 11.0. The van der Waals surface area contributed by atoms with E-state index in [4.69, 9.17) is 9.47 Å². The van der Waals surface area contributed by atoms with Crippen LogP contribution in [-0.2, 0) is 16.1 Å². The average Bonchev–Trinajstić information content (AvgIpc) is 3.03. The van der Waals surface area contributed by atoms with Crippen molar-refractivity contribution < 1.29 is 14.3 Å². The number of likely N-dealkylation sites (tertiary alicyclic amines) is 1. The summed E-state index contributed by atoms with van der Waals surface area (Å²) in [7, 11) is 3.38. The van der Waals surface area contributed by atoms with Crippen molar-refractivity contribution in [3.8, 4) is 5.75 Å². The molecule has 2 aliphatic heterocycles. The molecule has 0 radical (unpaired) electrons. The summed E-state index contributed by atoms with van der Waals surface area (Å²) in [5, 5.41) is 2.78. The van der Waals surface area contributed by atoms with Crippen LogP contribution in [0, 0.1) is 5.92 Å². The van der Waals surface area contributed by atoms with Crippen molar-refractivity contribution in [3.63, 3.8) is 0 Å². The van der Waals surface area contributed by atoms with E-state index < -0.39 is 0 Å². The second-order valence-electron chi connectivity index (χ2n) is 6.09. The smallest absolute Gasteiger partial charge is 0.224 e. The van der Waals surface area contributed by atoms with Gasteiger partial charge in [0.05, 0.1) is 19.1 Å². The quantitative estimate of drug-likeness (QED) is 0.914. The largest absolute Gasteiger partial charge is 0.497 e. The molecule has 2 fully saturated rings. The number of ether oxygens (including phenoxy) is 2. The topological polar surface area (TPSA) is 50.8 Å². The number of piperidine rings is 1. The van der Waals surface area contributed by atoms with Gasteiger partial charge in [0.2, 0.25) is 5.91 Å². The van der Waals surface area contributed by atoms with Gasteiger partial charge in [-0.1, -0.05) is 12.1 Å². The molecule has 0 bridgehead atoms. The highest BCUT2D eigenvalue weighted by Crippen LogP contribution is 2.32. The minimum Gasteiger partial charge on any atom is -0.497 e. The van der Waals surface area contributed by atoms with Crippen LogP contribution in [0.4, 0.5) is 0 Å². The highest BCUT2D eigenvalue weighted by Gasteiger charge is 2.41. The maximum absolute atomic E-state index is 12.0. The molecule has 3 atom stereocenters. The maximum atomic E-state index is 12.0. The molecule has 1 amide bonds. The highest BCUT2D eigenvalue weighted by molar-refractivity contribution is 5.78. The van der Waals surface area contributed by atoms with E-state index in [0.717, 1.165) is 38.3 Å². The Hall–Kier alpha value is -1.59. The molecule has 0 saturated carbocycles. The van der Waals surface area contributed by atoms with Crippen molar-refractivity contribution >= 4 is 5.91 Å². The molecule has 3 rings (SSSR count). The van der Waals surface area contributed by atoms with Crippen LogP contribution in [0.5, 0.6) is 5.75 Å². The van der Waals surface area contributed by atoms with E-state index in [-0.39, 0.29) is 17.9 Å². The number of nitrogens with one attached hydrogen (secondary N) is 1. The van der Waals surface area contributed by atoms with Crippen molar-refractivity contribution in [1.29, 1.82) is 0 Å². The standard InChI is InChI=1S/C17H24N2O3/c1-18-17(20)13-9-16-15(7-8-22-16)19(11-13)10-12-3-5-14(21-2)6-4-12/h3-6,13,15-16H,7-11H2,1-2H3,(H,18,20)/t13-,15+,16+/m0/s1. The summed E-state index contributed by atoms with van der Waals surface area (Å²) in [6.07, 6.45) is 2.08. The maximum Gasteiger partial charge on any atom is 0.224 e. The van der Waals surface area contributed by atoms with Crippen LogP contribution in [0.25, 0.3) is 0 Å². The van der Waals surface area contributed by atoms with Gasteiger partial charge >= 0.3 is 0 Å². The highest BCUT2D eigenvalue weighted by atomic mass is 16.5. The fraction of sp³-hybridized carbons (Fsp3) is 0.588. The van der Waals surface area contributed by atoms with Gasteiger partial charge in [-0.05, 0) is 30.5 Å². The molecule has 120 valence electrons. The molecule has 2 heterocycles. The molecule has 0 aliphatic carbocycles. The van der Waals surface area contributed by atoms with E-state index >= 15 is 0 Å². The third kappa shape index (κ3) is 3.10. The molecule has 22 heavy (non-hydrogen) atoms. The van der Waals surface area contributed by atoms with Gasteiger partial charge in [0.15, 0.2) is 0 Å². The van der Waals surface area contributed by atoms with E-state index in [9.17, 15) is 4.79 Å². The Morgan fingerprint density at radius 3 is 2.86 bits per heavy atom. The molecular formula is C17H24N2O3. The SMILES string of the molecule is CNC(=O)[C@H]1C[C@H]2OCC[C@H]2N(Cc2ccc(OC)cc2)C1. The number of benzene rings is 1. The number of fused-ring (bicyclic) bond motifs is 1. The lowest BCUT2D eigenvalue weighted by Crippen LogP contribution is -2.52. The Morgan fingerprint density at radius 1 is 1.41 bits per heavy atom. The zero-order valence-electron chi connectivity index (χ0n) is 13.2. The van der Waals surface area contributed by atoms with Gasteiger partial charge in [-0.25, -0.2) is 0 Å². The third-order valence-electron chi connectivity index (χ3n) is 4.78. The minimum absolute atomic E-state index is 0.0163. The fourth-order valence-electron chi connectivity index (χ4n) is 3.59. The second kappa shape index (κ2) is 6.67. The number of carbonyl (C=O) groups excluding carboxylic acids is 1. The molecule has 2 saturated heterocycles.